The molecule has 0 spiro atoms. The molecule has 20 heavy (non-hydrogen) atoms. The van der Waals surface area contributed by atoms with Crippen molar-refractivity contribution in [2.45, 2.75) is 6.54 Å². The minimum atomic E-state index is -0.331. The molecule has 0 aliphatic carbocycles. The number of hydrogen-bond donors (Lipinski definition) is 1. The van der Waals surface area contributed by atoms with Crippen LogP contribution in [-0.4, -0.2) is 20.2 Å². The molecule has 0 atom stereocenters. The number of esters is 1. The van der Waals surface area contributed by atoms with Crippen LogP contribution < -0.4 is 10.1 Å². The summed E-state index contributed by atoms with van der Waals surface area (Å²) in [7, 11) is 3.01. The first-order valence-electron chi connectivity index (χ1n) is 6.29. The van der Waals surface area contributed by atoms with E-state index in [1.165, 1.54) is 7.11 Å². The molecule has 2 rings (SSSR count). The van der Waals surface area contributed by atoms with Gasteiger partial charge in [0, 0.05) is 6.54 Å². The summed E-state index contributed by atoms with van der Waals surface area (Å²) in [6.07, 6.45) is 0. The summed E-state index contributed by atoms with van der Waals surface area (Å²) >= 11 is 0. The lowest BCUT2D eigenvalue weighted by Gasteiger charge is -2.12. The van der Waals surface area contributed by atoms with E-state index in [2.05, 4.69) is 5.32 Å². The van der Waals surface area contributed by atoms with Crippen molar-refractivity contribution in [2.75, 3.05) is 19.5 Å². The molecule has 0 heterocycles. The monoisotopic (exact) mass is 271 g/mol. The molecule has 104 valence electrons. The van der Waals surface area contributed by atoms with Gasteiger partial charge in [-0.25, -0.2) is 4.79 Å². The Morgan fingerprint density at radius 2 is 1.75 bits per heavy atom. The third-order valence-corrected chi connectivity index (χ3v) is 3.00. The molecule has 0 aliphatic heterocycles. The maximum absolute atomic E-state index is 11.7. The number of methoxy groups -OCH3 is 2. The van der Waals surface area contributed by atoms with Crippen molar-refractivity contribution in [3.63, 3.8) is 0 Å². The molecular formula is C16H17NO3. The van der Waals surface area contributed by atoms with E-state index in [0.29, 0.717) is 12.1 Å². The van der Waals surface area contributed by atoms with Crippen molar-refractivity contribution in [2.24, 2.45) is 0 Å². The van der Waals surface area contributed by atoms with Gasteiger partial charge in [0.25, 0.3) is 0 Å². The van der Waals surface area contributed by atoms with E-state index in [1.54, 1.807) is 13.2 Å². The van der Waals surface area contributed by atoms with Crippen molar-refractivity contribution in [3.05, 3.63) is 59.7 Å². The largest absolute Gasteiger partial charge is 0.495 e. The summed E-state index contributed by atoms with van der Waals surface area (Å²) in [6, 6.07) is 15.0. The van der Waals surface area contributed by atoms with Crippen molar-refractivity contribution >= 4 is 11.7 Å². The summed E-state index contributed by atoms with van der Waals surface area (Å²) in [5, 5.41) is 3.27. The summed E-state index contributed by atoms with van der Waals surface area (Å²) in [5.41, 5.74) is 2.33. The second-order valence-electron chi connectivity index (χ2n) is 4.20. The highest BCUT2D eigenvalue weighted by molar-refractivity contribution is 5.91. The third kappa shape index (κ3) is 3.09. The molecule has 0 radical (unpaired) electrons. The Morgan fingerprint density at radius 1 is 1.05 bits per heavy atom. The van der Waals surface area contributed by atoms with E-state index in [-0.39, 0.29) is 5.97 Å². The number of benzene rings is 2. The Balaban J connectivity index is 2.17. The maximum Gasteiger partial charge on any atom is 0.338 e. The minimum absolute atomic E-state index is 0.331. The van der Waals surface area contributed by atoms with Gasteiger partial charge < -0.3 is 14.8 Å². The van der Waals surface area contributed by atoms with Crippen molar-refractivity contribution in [1.82, 2.24) is 0 Å². The van der Waals surface area contributed by atoms with Gasteiger partial charge in [-0.1, -0.05) is 30.3 Å². The molecule has 4 heteroatoms. The average molecular weight is 271 g/mol. The first-order valence-corrected chi connectivity index (χ1v) is 6.29. The van der Waals surface area contributed by atoms with E-state index >= 15 is 0 Å². The van der Waals surface area contributed by atoms with Crippen LogP contribution in [0.2, 0.25) is 0 Å². The van der Waals surface area contributed by atoms with Crippen molar-refractivity contribution in [3.8, 4) is 5.75 Å². The molecule has 0 saturated heterocycles. The lowest BCUT2D eigenvalue weighted by atomic mass is 10.1. The Labute approximate surface area is 118 Å². The molecule has 0 unspecified atom stereocenters. The molecule has 0 saturated carbocycles. The van der Waals surface area contributed by atoms with E-state index < -0.39 is 0 Å². The Bertz CT molecular complexity index is 596. The fourth-order valence-electron chi connectivity index (χ4n) is 1.96. The first-order chi connectivity index (χ1) is 9.76. The fourth-order valence-corrected chi connectivity index (χ4v) is 1.96. The van der Waals surface area contributed by atoms with Crippen LogP contribution in [0.1, 0.15) is 15.9 Å². The quantitative estimate of drug-likeness (QED) is 0.849. The standard InChI is InChI=1S/C16H17NO3/c1-19-15-10-6-5-9-14(15)17-11-12-7-3-4-8-13(12)16(18)20-2/h3-10,17H,11H2,1-2H3. The zero-order chi connectivity index (χ0) is 14.4. The van der Waals surface area contributed by atoms with Gasteiger partial charge in [-0.3, -0.25) is 0 Å². The first kappa shape index (κ1) is 13.9. The van der Waals surface area contributed by atoms with E-state index in [0.717, 1.165) is 17.0 Å². The van der Waals surface area contributed by atoms with Gasteiger partial charge in [-0.15, -0.1) is 0 Å². The molecule has 4 nitrogen and oxygen atoms in total. The predicted octanol–water partition coefficient (Wildman–Crippen LogP) is 3.09. The number of carbonyl (C=O) groups excluding carboxylic acids is 1. The lowest BCUT2D eigenvalue weighted by Crippen LogP contribution is -2.09. The summed E-state index contributed by atoms with van der Waals surface area (Å²) < 4.78 is 10.1. The van der Waals surface area contributed by atoms with Gasteiger partial charge in [0.05, 0.1) is 25.5 Å². The van der Waals surface area contributed by atoms with Crippen molar-refractivity contribution < 1.29 is 14.3 Å². The van der Waals surface area contributed by atoms with Gasteiger partial charge in [0.15, 0.2) is 0 Å². The molecule has 0 aromatic heterocycles. The number of para-hydroxylation sites is 2. The van der Waals surface area contributed by atoms with Crippen LogP contribution in [0.5, 0.6) is 5.75 Å². The molecule has 1 N–H and O–H groups in total. The van der Waals surface area contributed by atoms with Crippen LogP contribution >= 0.6 is 0 Å². The smallest absolute Gasteiger partial charge is 0.338 e. The number of carbonyl (C=O) groups is 1. The third-order valence-electron chi connectivity index (χ3n) is 3.00. The van der Waals surface area contributed by atoms with E-state index in [4.69, 9.17) is 9.47 Å². The normalized spacial score (nSPS) is 9.90. The second kappa shape index (κ2) is 6.61. The highest BCUT2D eigenvalue weighted by atomic mass is 16.5. The van der Waals surface area contributed by atoms with Crippen LogP contribution in [0.15, 0.2) is 48.5 Å². The van der Waals surface area contributed by atoms with Crippen LogP contribution in [0, 0.1) is 0 Å². The minimum Gasteiger partial charge on any atom is -0.495 e. The zero-order valence-corrected chi connectivity index (χ0v) is 11.6. The highest BCUT2D eigenvalue weighted by Gasteiger charge is 2.11. The topological polar surface area (TPSA) is 47.6 Å². The molecule has 0 aliphatic rings. The summed E-state index contributed by atoms with van der Waals surface area (Å²) in [6.45, 7) is 0.519. The Kier molecular flexibility index (Phi) is 4.60. The SMILES string of the molecule is COC(=O)c1ccccc1CNc1ccccc1OC. The lowest BCUT2D eigenvalue weighted by molar-refractivity contribution is 0.0599. The van der Waals surface area contributed by atoms with Gasteiger partial charge in [-0.2, -0.15) is 0 Å². The second-order valence-corrected chi connectivity index (χ2v) is 4.20. The zero-order valence-electron chi connectivity index (χ0n) is 11.6. The van der Waals surface area contributed by atoms with Crippen LogP contribution in [0.3, 0.4) is 0 Å². The molecule has 2 aromatic rings. The maximum atomic E-state index is 11.7. The number of nitrogens with one attached hydrogen (secondary N) is 1. The van der Waals surface area contributed by atoms with Crippen LogP contribution in [0.4, 0.5) is 5.69 Å². The van der Waals surface area contributed by atoms with Crippen LogP contribution in [0.25, 0.3) is 0 Å². The number of hydrogen-bond acceptors (Lipinski definition) is 4. The van der Waals surface area contributed by atoms with Crippen LogP contribution in [-0.2, 0) is 11.3 Å². The van der Waals surface area contributed by atoms with E-state index in [1.807, 2.05) is 42.5 Å². The Morgan fingerprint density at radius 3 is 2.50 bits per heavy atom. The van der Waals surface area contributed by atoms with Gasteiger partial charge in [0.2, 0.25) is 0 Å². The number of anilines is 1. The molecule has 0 amide bonds. The van der Waals surface area contributed by atoms with Crippen molar-refractivity contribution in [1.29, 1.82) is 0 Å². The molecule has 0 bridgehead atoms. The predicted molar refractivity (Wildman–Crippen MR) is 78.1 cm³/mol. The summed E-state index contributed by atoms with van der Waals surface area (Å²) in [4.78, 5) is 11.7. The van der Waals surface area contributed by atoms with E-state index in [9.17, 15) is 4.79 Å². The molecular weight excluding hydrogens is 254 g/mol. The number of ether oxygens (including phenoxy) is 2. The Hall–Kier alpha value is -2.49. The van der Waals surface area contributed by atoms with Gasteiger partial charge >= 0.3 is 5.97 Å². The highest BCUT2D eigenvalue weighted by Crippen LogP contribution is 2.24. The molecule has 2 aromatic carbocycles. The molecule has 0 fully saturated rings. The van der Waals surface area contributed by atoms with Gasteiger partial charge in [-0.05, 0) is 23.8 Å². The summed E-state index contributed by atoms with van der Waals surface area (Å²) in [5.74, 6) is 0.436. The number of rotatable bonds is 5. The average Bonchev–Trinajstić information content (AvgIpc) is 2.52. The van der Waals surface area contributed by atoms with Gasteiger partial charge in [0.1, 0.15) is 5.75 Å². The fraction of sp³-hybridized carbons (Fsp3) is 0.188.